The molecular weight excluding hydrogens is 316 g/mol. The highest BCUT2D eigenvalue weighted by Gasteiger charge is 2.05. The molecule has 0 saturated heterocycles. The van der Waals surface area contributed by atoms with Crippen LogP contribution in [0.15, 0.2) is 42.5 Å². The number of benzene rings is 2. The third-order valence-electron chi connectivity index (χ3n) is 3.87. The smallest absolute Gasteiger partial charge is 0.225 e. The number of hydrogen-bond donors (Lipinski definition) is 2. The molecule has 0 radical (unpaired) electrons. The Morgan fingerprint density at radius 1 is 1.00 bits per heavy atom. The molecule has 2 aromatic carbocycles. The Kier molecular flexibility index (Phi) is 7.29. The minimum atomic E-state index is 0.0178. The van der Waals surface area contributed by atoms with Crippen LogP contribution in [-0.4, -0.2) is 33.2 Å². The van der Waals surface area contributed by atoms with Crippen molar-refractivity contribution >= 4 is 11.6 Å². The second-order valence-corrected chi connectivity index (χ2v) is 5.86. The molecule has 0 aliphatic rings. The van der Waals surface area contributed by atoms with Crippen molar-refractivity contribution < 1.29 is 14.3 Å². The second kappa shape index (κ2) is 9.69. The average molecular weight is 342 g/mol. The summed E-state index contributed by atoms with van der Waals surface area (Å²) >= 11 is 0. The molecule has 0 aliphatic carbocycles. The maximum absolute atomic E-state index is 11.9. The summed E-state index contributed by atoms with van der Waals surface area (Å²) in [6.45, 7) is 3.45. The van der Waals surface area contributed by atoms with Crippen molar-refractivity contribution in [2.75, 3.05) is 32.6 Å². The van der Waals surface area contributed by atoms with Crippen LogP contribution >= 0.6 is 0 Å². The number of rotatable bonds is 9. The summed E-state index contributed by atoms with van der Waals surface area (Å²) in [6, 6.07) is 13.7. The van der Waals surface area contributed by atoms with Crippen LogP contribution in [0, 0.1) is 6.92 Å². The fraction of sp³-hybridized carbons (Fsp3) is 0.350. The Labute approximate surface area is 149 Å². The highest BCUT2D eigenvalue weighted by molar-refractivity contribution is 5.90. The molecule has 0 unspecified atom stereocenters. The van der Waals surface area contributed by atoms with Gasteiger partial charge in [-0.15, -0.1) is 0 Å². The number of amides is 1. The van der Waals surface area contributed by atoms with Gasteiger partial charge in [-0.3, -0.25) is 4.79 Å². The lowest BCUT2D eigenvalue weighted by molar-refractivity contribution is -0.116. The number of ether oxygens (including phenoxy) is 2. The second-order valence-electron chi connectivity index (χ2n) is 5.86. The standard InChI is InChI=1S/C20H26N2O3/c1-15-5-4-6-17(13-15)22-20(23)10-12-21-11-9-16-7-8-18(24-2)19(14-16)25-3/h4-8,13-14,21H,9-12H2,1-3H3,(H,22,23). The summed E-state index contributed by atoms with van der Waals surface area (Å²) in [7, 11) is 3.26. The molecule has 0 bridgehead atoms. The van der Waals surface area contributed by atoms with Crippen molar-refractivity contribution in [1.82, 2.24) is 5.32 Å². The fourth-order valence-corrected chi connectivity index (χ4v) is 2.54. The molecule has 0 aromatic heterocycles. The number of carbonyl (C=O) groups is 1. The highest BCUT2D eigenvalue weighted by atomic mass is 16.5. The van der Waals surface area contributed by atoms with Crippen molar-refractivity contribution in [3.63, 3.8) is 0 Å². The summed E-state index contributed by atoms with van der Waals surface area (Å²) in [4.78, 5) is 11.9. The summed E-state index contributed by atoms with van der Waals surface area (Å²) in [5.74, 6) is 1.48. The summed E-state index contributed by atoms with van der Waals surface area (Å²) < 4.78 is 10.5. The first-order valence-corrected chi connectivity index (χ1v) is 8.40. The number of aryl methyl sites for hydroxylation is 1. The summed E-state index contributed by atoms with van der Waals surface area (Å²) in [6.07, 6.45) is 1.31. The molecule has 25 heavy (non-hydrogen) atoms. The first-order chi connectivity index (χ1) is 12.1. The van der Waals surface area contributed by atoms with Crippen LogP contribution in [-0.2, 0) is 11.2 Å². The van der Waals surface area contributed by atoms with Gasteiger partial charge in [0.15, 0.2) is 11.5 Å². The van der Waals surface area contributed by atoms with Gasteiger partial charge in [0.25, 0.3) is 0 Å². The minimum absolute atomic E-state index is 0.0178. The predicted octanol–water partition coefficient (Wildman–Crippen LogP) is 3.17. The topological polar surface area (TPSA) is 59.6 Å². The molecule has 2 aromatic rings. The van der Waals surface area contributed by atoms with E-state index in [0.29, 0.717) is 13.0 Å². The molecule has 0 spiro atoms. The highest BCUT2D eigenvalue weighted by Crippen LogP contribution is 2.27. The molecule has 0 aliphatic heterocycles. The van der Waals surface area contributed by atoms with E-state index in [2.05, 4.69) is 10.6 Å². The molecule has 5 nitrogen and oxygen atoms in total. The lowest BCUT2D eigenvalue weighted by Gasteiger charge is -2.10. The first kappa shape index (κ1) is 18.8. The average Bonchev–Trinajstić information content (AvgIpc) is 2.61. The minimum Gasteiger partial charge on any atom is -0.493 e. The number of carbonyl (C=O) groups excluding carboxylic acids is 1. The van der Waals surface area contributed by atoms with Crippen molar-refractivity contribution in [3.05, 3.63) is 53.6 Å². The Balaban J connectivity index is 1.68. The van der Waals surface area contributed by atoms with E-state index in [1.54, 1.807) is 14.2 Å². The van der Waals surface area contributed by atoms with Gasteiger partial charge in [0.2, 0.25) is 5.91 Å². The number of anilines is 1. The molecule has 134 valence electrons. The monoisotopic (exact) mass is 342 g/mol. The van der Waals surface area contributed by atoms with Gasteiger partial charge in [0.05, 0.1) is 14.2 Å². The van der Waals surface area contributed by atoms with E-state index in [1.165, 1.54) is 0 Å². The molecule has 0 saturated carbocycles. The quantitative estimate of drug-likeness (QED) is 0.687. The van der Waals surface area contributed by atoms with Gasteiger partial charge in [0.1, 0.15) is 0 Å². The van der Waals surface area contributed by atoms with Crippen LogP contribution in [0.4, 0.5) is 5.69 Å². The maximum atomic E-state index is 11.9. The largest absolute Gasteiger partial charge is 0.493 e. The molecule has 2 rings (SSSR count). The molecular formula is C20H26N2O3. The molecule has 2 N–H and O–H groups in total. The zero-order valence-electron chi connectivity index (χ0n) is 15.1. The Morgan fingerprint density at radius 2 is 1.80 bits per heavy atom. The van der Waals surface area contributed by atoms with Gasteiger partial charge in [-0.05, 0) is 55.3 Å². The lowest BCUT2D eigenvalue weighted by Crippen LogP contribution is -2.23. The van der Waals surface area contributed by atoms with Gasteiger partial charge in [-0.1, -0.05) is 18.2 Å². The summed E-state index contributed by atoms with van der Waals surface area (Å²) in [5.41, 5.74) is 3.13. The third-order valence-corrected chi connectivity index (χ3v) is 3.87. The molecule has 0 fully saturated rings. The zero-order valence-corrected chi connectivity index (χ0v) is 15.1. The normalized spacial score (nSPS) is 10.4. The van der Waals surface area contributed by atoms with Gasteiger partial charge in [-0.2, -0.15) is 0 Å². The van der Waals surface area contributed by atoms with E-state index in [9.17, 15) is 4.79 Å². The predicted molar refractivity (Wildman–Crippen MR) is 101 cm³/mol. The van der Waals surface area contributed by atoms with Gasteiger partial charge < -0.3 is 20.1 Å². The molecule has 5 heteroatoms. The van der Waals surface area contributed by atoms with Crippen LogP contribution < -0.4 is 20.1 Å². The Bertz CT molecular complexity index is 701. The van der Waals surface area contributed by atoms with Gasteiger partial charge >= 0.3 is 0 Å². The van der Waals surface area contributed by atoms with Crippen molar-refractivity contribution in [3.8, 4) is 11.5 Å². The van der Waals surface area contributed by atoms with E-state index in [4.69, 9.17) is 9.47 Å². The van der Waals surface area contributed by atoms with Crippen LogP contribution in [0.3, 0.4) is 0 Å². The van der Waals surface area contributed by atoms with Crippen LogP contribution in [0.1, 0.15) is 17.5 Å². The van der Waals surface area contributed by atoms with Gasteiger partial charge in [-0.25, -0.2) is 0 Å². The summed E-state index contributed by atoms with van der Waals surface area (Å²) in [5, 5.41) is 6.20. The van der Waals surface area contributed by atoms with E-state index in [-0.39, 0.29) is 5.91 Å². The molecule has 0 atom stereocenters. The number of hydrogen-bond acceptors (Lipinski definition) is 4. The first-order valence-electron chi connectivity index (χ1n) is 8.40. The SMILES string of the molecule is COc1ccc(CCNCCC(=O)Nc2cccc(C)c2)cc1OC. The van der Waals surface area contributed by atoms with E-state index in [1.807, 2.05) is 49.4 Å². The zero-order chi connectivity index (χ0) is 18.1. The van der Waals surface area contributed by atoms with Crippen molar-refractivity contribution in [2.24, 2.45) is 0 Å². The molecule has 1 amide bonds. The van der Waals surface area contributed by atoms with Gasteiger partial charge in [0, 0.05) is 18.7 Å². The van der Waals surface area contributed by atoms with Crippen LogP contribution in [0.5, 0.6) is 11.5 Å². The van der Waals surface area contributed by atoms with Crippen molar-refractivity contribution in [2.45, 2.75) is 19.8 Å². The van der Waals surface area contributed by atoms with E-state index < -0.39 is 0 Å². The Morgan fingerprint density at radius 3 is 2.52 bits per heavy atom. The fourth-order valence-electron chi connectivity index (χ4n) is 2.54. The number of methoxy groups -OCH3 is 2. The maximum Gasteiger partial charge on any atom is 0.225 e. The van der Waals surface area contributed by atoms with E-state index in [0.717, 1.165) is 41.3 Å². The van der Waals surface area contributed by atoms with Crippen molar-refractivity contribution in [1.29, 1.82) is 0 Å². The Hall–Kier alpha value is -2.53. The number of nitrogens with one attached hydrogen (secondary N) is 2. The van der Waals surface area contributed by atoms with Crippen LogP contribution in [0.2, 0.25) is 0 Å². The lowest BCUT2D eigenvalue weighted by atomic mass is 10.1. The van der Waals surface area contributed by atoms with E-state index >= 15 is 0 Å². The van der Waals surface area contributed by atoms with Crippen LogP contribution in [0.25, 0.3) is 0 Å². The third kappa shape index (κ3) is 6.12. The molecule has 0 heterocycles.